The molecule has 2 unspecified atom stereocenters. The van der Waals surface area contributed by atoms with Crippen molar-refractivity contribution < 1.29 is 18.7 Å². The Kier molecular flexibility index (Phi) is 6.96. The van der Waals surface area contributed by atoms with Crippen molar-refractivity contribution in [2.45, 2.75) is 37.8 Å². The van der Waals surface area contributed by atoms with E-state index in [1.165, 1.54) is 17.0 Å². The number of ether oxygens (including phenoxy) is 1. The van der Waals surface area contributed by atoms with Crippen molar-refractivity contribution >= 4 is 11.9 Å². The number of benzene rings is 3. The number of likely N-dealkylation sites (N-methyl/N-ethyl adjacent to an activating group) is 1. The molecule has 1 aliphatic heterocycles. The lowest BCUT2D eigenvalue weighted by Gasteiger charge is -2.26. The van der Waals surface area contributed by atoms with Gasteiger partial charge in [0.15, 0.2) is 0 Å². The van der Waals surface area contributed by atoms with Gasteiger partial charge < -0.3 is 9.64 Å². The van der Waals surface area contributed by atoms with Crippen LogP contribution in [0.15, 0.2) is 78.9 Å². The van der Waals surface area contributed by atoms with E-state index in [1.54, 1.807) is 25.1 Å². The first-order chi connectivity index (χ1) is 16.4. The smallest absolute Gasteiger partial charge is 0.327 e. The fraction of sp³-hybridized carbons (Fsp3) is 0.286. The topological polar surface area (TPSA) is 49.9 Å². The van der Waals surface area contributed by atoms with Crippen molar-refractivity contribution in [3.05, 3.63) is 101 Å². The molecular formula is C28H29FN2O3. The summed E-state index contributed by atoms with van der Waals surface area (Å²) in [5.41, 5.74) is 2.65. The number of hydrogen-bond donors (Lipinski definition) is 0. The van der Waals surface area contributed by atoms with Crippen molar-refractivity contribution in [1.82, 2.24) is 9.80 Å². The van der Waals surface area contributed by atoms with Crippen LogP contribution in [0.4, 0.5) is 9.18 Å². The largest absolute Gasteiger partial charge is 0.497 e. The fourth-order valence-corrected chi connectivity index (χ4v) is 4.65. The summed E-state index contributed by atoms with van der Waals surface area (Å²) in [5.74, 6) is -0.162. The van der Waals surface area contributed by atoms with Gasteiger partial charge in [-0.1, -0.05) is 54.6 Å². The summed E-state index contributed by atoms with van der Waals surface area (Å²) in [6.45, 7) is 1.95. The highest BCUT2D eigenvalue weighted by molar-refractivity contribution is 5.97. The number of methoxy groups -OCH3 is 1. The number of rotatable bonds is 7. The first-order valence-electron chi connectivity index (χ1n) is 11.4. The molecule has 0 aromatic heterocycles. The fourth-order valence-electron chi connectivity index (χ4n) is 4.65. The predicted octanol–water partition coefficient (Wildman–Crippen LogP) is 5.57. The zero-order valence-electron chi connectivity index (χ0n) is 19.6. The lowest BCUT2D eigenvalue weighted by Crippen LogP contribution is -2.37. The van der Waals surface area contributed by atoms with Gasteiger partial charge in [-0.3, -0.25) is 9.69 Å². The average molecular weight is 461 g/mol. The molecular weight excluding hydrogens is 431 g/mol. The van der Waals surface area contributed by atoms with Gasteiger partial charge in [0, 0.05) is 13.5 Å². The van der Waals surface area contributed by atoms with Gasteiger partial charge >= 0.3 is 6.03 Å². The van der Waals surface area contributed by atoms with Gasteiger partial charge in [-0.05, 0) is 60.2 Å². The molecule has 3 aromatic rings. The lowest BCUT2D eigenvalue weighted by atomic mass is 9.88. The van der Waals surface area contributed by atoms with Crippen molar-refractivity contribution in [1.29, 1.82) is 0 Å². The summed E-state index contributed by atoms with van der Waals surface area (Å²) in [6.07, 6.45) is 0.619. The van der Waals surface area contributed by atoms with E-state index in [4.69, 9.17) is 4.74 Å². The monoisotopic (exact) mass is 460 g/mol. The highest BCUT2D eigenvalue weighted by atomic mass is 19.1. The molecule has 3 aromatic carbocycles. The van der Waals surface area contributed by atoms with Crippen molar-refractivity contribution in [3.63, 3.8) is 0 Å². The Morgan fingerprint density at radius 3 is 2.38 bits per heavy atom. The van der Waals surface area contributed by atoms with Crippen LogP contribution in [0.1, 0.15) is 42.0 Å². The molecule has 6 heteroatoms. The van der Waals surface area contributed by atoms with Crippen LogP contribution in [0.3, 0.4) is 0 Å². The molecule has 3 atom stereocenters. The zero-order chi connectivity index (χ0) is 24.2. The molecule has 0 saturated carbocycles. The Morgan fingerprint density at radius 2 is 1.74 bits per heavy atom. The molecule has 3 amide bonds. The summed E-state index contributed by atoms with van der Waals surface area (Å²) in [4.78, 5) is 29.7. The van der Waals surface area contributed by atoms with Crippen LogP contribution in [0, 0.1) is 5.82 Å². The molecule has 0 bridgehead atoms. The molecule has 4 rings (SSSR count). The highest BCUT2D eigenvalue weighted by Crippen LogP contribution is 2.36. The summed E-state index contributed by atoms with van der Waals surface area (Å²) in [7, 11) is 3.33. The molecule has 1 heterocycles. The average Bonchev–Trinajstić information content (AvgIpc) is 3.08. The maximum absolute atomic E-state index is 14.1. The molecule has 0 radical (unpaired) electrons. The van der Waals surface area contributed by atoms with E-state index >= 15 is 0 Å². The number of imide groups is 1. The van der Waals surface area contributed by atoms with Gasteiger partial charge in [-0.15, -0.1) is 0 Å². The third kappa shape index (κ3) is 4.81. The molecule has 34 heavy (non-hydrogen) atoms. The number of urea groups is 1. The number of amides is 3. The zero-order valence-corrected chi connectivity index (χ0v) is 19.6. The highest BCUT2D eigenvalue weighted by Gasteiger charge is 2.45. The van der Waals surface area contributed by atoms with E-state index in [1.807, 2.05) is 67.6 Å². The Balaban J connectivity index is 1.64. The van der Waals surface area contributed by atoms with Crippen LogP contribution >= 0.6 is 0 Å². The van der Waals surface area contributed by atoms with Gasteiger partial charge in [0.2, 0.25) is 5.91 Å². The summed E-state index contributed by atoms with van der Waals surface area (Å²) >= 11 is 0. The minimum absolute atomic E-state index is 0.0884. The molecule has 5 nitrogen and oxygen atoms in total. The maximum Gasteiger partial charge on any atom is 0.327 e. The van der Waals surface area contributed by atoms with Crippen molar-refractivity contribution in [3.8, 4) is 5.75 Å². The van der Waals surface area contributed by atoms with Crippen LogP contribution in [0.25, 0.3) is 0 Å². The van der Waals surface area contributed by atoms with Crippen LogP contribution in [0.5, 0.6) is 5.75 Å². The normalized spacial score (nSPS) is 18.8. The van der Waals surface area contributed by atoms with Crippen molar-refractivity contribution in [2.75, 3.05) is 14.2 Å². The maximum atomic E-state index is 14.1. The second-order valence-electron chi connectivity index (χ2n) is 8.76. The quantitative estimate of drug-likeness (QED) is 0.463. The van der Waals surface area contributed by atoms with E-state index in [2.05, 4.69) is 0 Å². The molecule has 0 spiro atoms. The van der Waals surface area contributed by atoms with E-state index in [-0.39, 0.29) is 42.2 Å². The minimum atomic E-state index is -0.375. The van der Waals surface area contributed by atoms with E-state index in [0.717, 1.165) is 22.4 Å². The van der Waals surface area contributed by atoms with Crippen LogP contribution in [-0.4, -0.2) is 41.9 Å². The summed E-state index contributed by atoms with van der Waals surface area (Å²) in [6, 6.07) is 22.7. The first-order valence-corrected chi connectivity index (χ1v) is 11.4. The molecule has 0 N–H and O–H groups in total. The predicted molar refractivity (Wildman–Crippen MR) is 129 cm³/mol. The van der Waals surface area contributed by atoms with Gasteiger partial charge in [0.1, 0.15) is 11.6 Å². The Labute approximate surface area is 199 Å². The third-order valence-electron chi connectivity index (χ3n) is 6.65. The Hall–Kier alpha value is -3.67. The standard InChI is InChI=1S/C28H29FN2O3/c1-19-27(21-8-5-4-6-9-21)31(28(33)30(19)2)26(32)18-23(22-10-7-11-24(29)17-22)16-20-12-14-25(34-3)15-13-20/h4-15,17,19,23,27H,16,18H2,1-3H3/t19?,23-,27?/m0/s1. The van der Waals surface area contributed by atoms with Crippen LogP contribution in [-0.2, 0) is 11.2 Å². The van der Waals surface area contributed by atoms with Gasteiger partial charge in [-0.25, -0.2) is 9.18 Å². The second-order valence-corrected chi connectivity index (χ2v) is 8.76. The number of halogens is 1. The number of hydrogen-bond acceptors (Lipinski definition) is 3. The van der Waals surface area contributed by atoms with Crippen molar-refractivity contribution in [2.24, 2.45) is 0 Å². The molecule has 0 aliphatic carbocycles. The second kappa shape index (κ2) is 10.1. The Morgan fingerprint density at radius 1 is 1.03 bits per heavy atom. The molecule has 1 fully saturated rings. The minimum Gasteiger partial charge on any atom is -0.497 e. The third-order valence-corrected chi connectivity index (χ3v) is 6.65. The first kappa shape index (κ1) is 23.5. The Bertz CT molecular complexity index is 1150. The van der Waals surface area contributed by atoms with E-state index < -0.39 is 0 Å². The van der Waals surface area contributed by atoms with E-state index in [0.29, 0.717) is 6.42 Å². The van der Waals surface area contributed by atoms with Gasteiger partial charge in [-0.2, -0.15) is 0 Å². The van der Waals surface area contributed by atoms with Gasteiger partial charge in [0.05, 0.1) is 19.2 Å². The lowest BCUT2D eigenvalue weighted by molar-refractivity contribution is -0.129. The van der Waals surface area contributed by atoms with Crippen LogP contribution < -0.4 is 4.74 Å². The van der Waals surface area contributed by atoms with Gasteiger partial charge in [0.25, 0.3) is 0 Å². The summed E-state index contributed by atoms with van der Waals surface area (Å²) in [5, 5.41) is 0. The summed E-state index contributed by atoms with van der Waals surface area (Å²) < 4.78 is 19.3. The molecule has 176 valence electrons. The number of nitrogens with zero attached hydrogens (tertiary/aromatic N) is 2. The van der Waals surface area contributed by atoms with Crippen LogP contribution in [0.2, 0.25) is 0 Å². The number of carbonyl (C=O) groups excluding carboxylic acids is 2. The number of carbonyl (C=O) groups is 2. The molecule has 1 saturated heterocycles. The SMILES string of the molecule is COc1ccc(C[C@@H](CC(=O)N2C(=O)N(C)C(C)C2c2ccccc2)c2cccc(F)c2)cc1. The van der Waals surface area contributed by atoms with E-state index in [9.17, 15) is 14.0 Å². The molecule has 1 aliphatic rings.